The van der Waals surface area contributed by atoms with Crippen LogP contribution in [-0.4, -0.2) is 29.5 Å². The Balaban J connectivity index is 2.05. The number of hydrogen-bond donors (Lipinski definition) is 1. The summed E-state index contributed by atoms with van der Waals surface area (Å²) >= 11 is 0. The third kappa shape index (κ3) is 6.09. The largest absolute Gasteiger partial charge is 0.444 e. The summed E-state index contributed by atoms with van der Waals surface area (Å²) in [5.74, 6) is -0.818. The van der Waals surface area contributed by atoms with Crippen LogP contribution < -0.4 is 5.32 Å². The quantitative estimate of drug-likeness (QED) is 0.842. The number of halogens is 1. The van der Waals surface area contributed by atoms with Gasteiger partial charge in [-0.25, -0.2) is 9.18 Å². The van der Waals surface area contributed by atoms with E-state index in [2.05, 4.69) is 5.32 Å². The highest BCUT2D eigenvalue weighted by Crippen LogP contribution is 2.16. The molecule has 2 amide bonds. The van der Waals surface area contributed by atoms with E-state index in [1.807, 2.05) is 26.8 Å². The standard InChI is InChI=1S/C21H25FN2O3/c1-14-9-10-16(12-18(14)22)19(25)23-17-8-6-7-15(11-17)13-24(5)20(26)27-21(2,3)4/h6-12H,13H2,1-5H3,(H,23,25). The SMILES string of the molecule is Cc1ccc(C(=O)Nc2cccc(CN(C)C(=O)OC(C)(C)C)c2)cc1F. The van der Waals surface area contributed by atoms with Gasteiger partial charge in [-0.2, -0.15) is 0 Å². The van der Waals surface area contributed by atoms with Crippen molar-refractivity contribution in [3.63, 3.8) is 0 Å². The molecule has 144 valence electrons. The lowest BCUT2D eigenvalue weighted by molar-refractivity contribution is 0.0285. The Morgan fingerprint density at radius 1 is 1.15 bits per heavy atom. The molecule has 0 spiro atoms. The van der Waals surface area contributed by atoms with Crippen molar-refractivity contribution in [3.8, 4) is 0 Å². The van der Waals surface area contributed by atoms with Crippen molar-refractivity contribution < 1.29 is 18.7 Å². The molecule has 0 saturated carbocycles. The Bertz CT molecular complexity index is 844. The molecule has 0 aliphatic carbocycles. The number of ether oxygens (including phenoxy) is 1. The maximum atomic E-state index is 13.6. The van der Waals surface area contributed by atoms with Crippen LogP contribution in [0.1, 0.15) is 42.3 Å². The van der Waals surface area contributed by atoms with Crippen LogP contribution in [0.4, 0.5) is 14.9 Å². The van der Waals surface area contributed by atoms with Gasteiger partial charge in [0.1, 0.15) is 11.4 Å². The van der Waals surface area contributed by atoms with Crippen LogP contribution in [0, 0.1) is 12.7 Å². The Morgan fingerprint density at radius 3 is 2.48 bits per heavy atom. The lowest BCUT2D eigenvalue weighted by atomic mass is 10.1. The summed E-state index contributed by atoms with van der Waals surface area (Å²) < 4.78 is 19.0. The first-order chi connectivity index (χ1) is 12.5. The Hall–Kier alpha value is -2.89. The van der Waals surface area contributed by atoms with E-state index >= 15 is 0 Å². The maximum Gasteiger partial charge on any atom is 0.410 e. The van der Waals surface area contributed by atoms with E-state index in [4.69, 9.17) is 4.74 Å². The summed E-state index contributed by atoms with van der Waals surface area (Å²) in [7, 11) is 1.65. The van der Waals surface area contributed by atoms with Crippen LogP contribution in [0.25, 0.3) is 0 Å². The highest BCUT2D eigenvalue weighted by atomic mass is 19.1. The summed E-state index contributed by atoms with van der Waals surface area (Å²) in [5, 5.41) is 2.75. The van der Waals surface area contributed by atoms with Gasteiger partial charge in [-0.1, -0.05) is 18.2 Å². The van der Waals surface area contributed by atoms with Crippen LogP contribution >= 0.6 is 0 Å². The van der Waals surface area contributed by atoms with Crippen molar-refractivity contribution >= 4 is 17.7 Å². The smallest absolute Gasteiger partial charge is 0.410 e. The predicted molar refractivity (Wildman–Crippen MR) is 103 cm³/mol. The van der Waals surface area contributed by atoms with Crippen LogP contribution in [0.15, 0.2) is 42.5 Å². The van der Waals surface area contributed by atoms with E-state index < -0.39 is 23.4 Å². The molecule has 0 unspecified atom stereocenters. The molecule has 1 N–H and O–H groups in total. The molecule has 6 heteroatoms. The van der Waals surface area contributed by atoms with Gasteiger partial charge >= 0.3 is 6.09 Å². The number of carbonyl (C=O) groups is 2. The Labute approximate surface area is 159 Å². The number of benzene rings is 2. The summed E-state index contributed by atoms with van der Waals surface area (Å²) in [4.78, 5) is 25.8. The third-order valence-electron chi connectivity index (χ3n) is 3.74. The number of aryl methyl sites for hydroxylation is 1. The van der Waals surface area contributed by atoms with Gasteiger partial charge in [-0.3, -0.25) is 4.79 Å². The van der Waals surface area contributed by atoms with Gasteiger partial charge in [0.2, 0.25) is 0 Å². The highest BCUT2D eigenvalue weighted by molar-refractivity contribution is 6.04. The molecule has 0 aromatic heterocycles. The van der Waals surface area contributed by atoms with Gasteiger partial charge in [-0.05, 0) is 63.1 Å². The molecule has 5 nitrogen and oxygen atoms in total. The van der Waals surface area contributed by atoms with Gasteiger partial charge in [0.15, 0.2) is 0 Å². The molecule has 27 heavy (non-hydrogen) atoms. The molecule has 0 heterocycles. The molecular weight excluding hydrogens is 347 g/mol. The number of rotatable bonds is 4. The molecule has 0 radical (unpaired) electrons. The van der Waals surface area contributed by atoms with Crippen molar-refractivity contribution in [2.45, 2.75) is 39.8 Å². The van der Waals surface area contributed by atoms with Gasteiger partial charge in [0, 0.05) is 24.8 Å². The van der Waals surface area contributed by atoms with Crippen LogP contribution in [-0.2, 0) is 11.3 Å². The van der Waals surface area contributed by atoms with Gasteiger partial charge in [0.25, 0.3) is 5.91 Å². The van der Waals surface area contributed by atoms with Crippen molar-refractivity contribution in [1.82, 2.24) is 4.90 Å². The predicted octanol–water partition coefficient (Wildman–Crippen LogP) is 4.75. The zero-order chi connectivity index (χ0) is 20.2. The average molecular weight is 372 g/mol. The monoisotopic (exact) mass is 372 g/mol. The number of anilines is 1. The molecule has 0 aliphatic rings. The normalized spacial score (nSPS) is 11.0. The van der Waals surface area contributed by atoms with Crippen LogP contribution in [0.3, 0.4) is 0 Å². The summed E-state index contributed by atoms with van der Waals surface area (Å²) in [6.45, 7) is 7.40. The molecule has 2 aromatic carbocycles. The molecule has 0 aliphatic heterocycles. The maximum absolute atomic E-state index is 13.6. The number of nitrogens with one attached hydrogen (secondary N) is 1. The van der Waals surface area contributed by atoms with Crippen molar-refractivity contribution in [1.29, 1.82) is 0 Å². The first-order valence-electron chi connectivity index (χ1n) is 8.66. The van der Waals surface area contributed by atoms with Crippen molar-refractivity contribution in [2.75, 3.05) is 12.4 Å². The van der Waals surface area contributed by atoms with Crippen molar-refractivity contribution in [2.24, 2.45) is 0 Å². The van der Waals surface area contributed by atoms with E-state index in [-0.39, 0.29) is 5.56 Å². The van der Waals surface area contributed by atoms with E-state index in [1.165, 1.54) is 11.0 Å². The van der Waals surface area contributed by atoms with Crippen LogP contribution in [0.5, 0.6) is 0 Å². The highest BCUT2D eigenvalue weighted by Gasteiger charge is 2.19. The fourth-order valence-corrected chi connectivity index (χ4v) is 2.36. The van der Waals surface area contributed by atoms with Gasteiger partial charge in [0.05, 0.1) is 0 Å². The molecule has 0 fully saturated rings. The van der Waals surface area contributed by atoms with E-state index in [1.54, 1.807) is 44.3 Å². The minimum atomic E-state index is -0.565. The molecule has 0 bridgehead atoms. The Morgan fingerprint density at radius 2 is 1.85 bits per heavy atom. The van der Waals surface area contributed by atoms with Crippen molar-refractivity contribution in [3.05, 3.63) is 65.0 Å². The second-order valence-electron chi connectivity index (χ2n) is 7.45. The minimum absolute atomic E-state index is 0.245. The number of carbonyl (C=O) groups excluding carboxylic acids is 2. The van der Waals surface area contributed by atoms with Crippen LogP contribution in [0.2, 0.25) is 0 Å². The zero-order valence-corrected chi connectivity index (χ0v) is 16.3. The number of hydrogen-bond acceptors (Lipinski definition) is 3. The average Bonchev–Trinajstić information content (AvgIpc) is 2.56. The molecule has 0 saturated heterocycles. The number of nitrogens with zero attached hydrogens (tertiary/aromatic N) is 1. The van der Waals surface area contributed by atoms with E-state index in [0.29, 0.717) is 17.8 Å². The first-order valence-corrected chi connectivity index (χ1v) is 8.66. The topological polar surface area (TPSA) is 58.6 Å². The summed E-state index contributed by atoms with van der Waals surface area (Å²) in [6.07, 6.45) is -0.424. The molecule has 0 atom stereocenters. The number of amides is 2. The molecular formula is C21H25FN2O3. The lowest BCUT2D eigenvalue weighted by Crippen LogP contribution is -2.33. The lowest BCUT2D eigenvalue weighted by Gasteiger charge is -2.24. The fraction of sp³-hybridized carbons (Fsp3) is 0.333. The van der Waals surface area contributed by atoms with Gasteiger partial charge < -0.3 is 15.0 Å². The zero-order valence-electron chi connectivity index (χ0n) is 16.3. The summed E-state index contributed by atoms with van der Waals surface area (Å²) in [5.41, 5.74) is 1.56. The third-order valence-corrected chi connectivity index (χ3v) is 3.74. The van der Waals surface area contributed by atoms with E-state index in [0.717, 1.165) is 5.56 Å². The fourth-order valence-electron chi connectivity index (χ4n) is 2.36. The minimum Gasteiger partial charge on any atom is -0.444 e. The van der Waals surface area contributed by atoms with Gasteiger partial charge in [-0.15, -0.1) is 0 Å². The summed E-state index contributed by atoms with van der Waals surface area (Å²) in [6, 6.07) is 11.5. The second kappa shape index (κ2) is 8.20. The molecule has 2 aromatic rings. The van der Waals surface area contributed by atoms with E-state index in [9.17, 15) is 14.0 Å². The second-order valence-corrected chi connectivity index (χ2v) is 7.45. The first kappa shape index (κ1) is 20.4. The molecule has 2 rings (SSSR count). The Kier molecular flexibility index (Phi) is 6.20.